The third-order valence-electron chi connectivity index (χ3n) is 8.94. The summed E-state index contributed by atoms with van der Waals surface area (Å²) in [4.78, 5) is 50.9. The second kappa shape index (κ2) is 9.16. The van der Waals surface area contributed by atoms with Gasteiger partial charge in [0, 0.05) is 30.6 Å². The molecule has 3 aliphatic rings. The van der Waals surface area contributed by atoms with Gasteiger partial charge in [-0.25, -0.2) is 4.79 Å². The third-order valence-corrected chi connectivity index (χ3v) is 8.94. The number of benzene rings is 1. The first-order valence-corrected chi connectivity index (χ1v) is 12.6. The minimum Gasteiger partial charge on any atom is -0.466 e. The Balaban J connectivity index is 1.55. The van der Waals surface area contributed by atoms with Crippen molar-refractivity contribution in [2.45, 2.75) is 72.2 Å². The number of ketones is 2. The van der Waals surface area contributed by atoms with Gasteiger partial charge < -0.3 is 14.2 Å². The van der Waals surface area contributed by atoms with Gasteiger partial charge in [0.1, 0.15) is 23.6 Å². The number of hydrogen-bond acceptors (Lipinski definition) is 7. The molecule has 1 aromatic rings. The Morgan fingerprint density at radius 3 is 2.40 bits per heavy atom. The van der Waals surface area contributed by atoms with Gasteiger partial charge in [-0.1, -0.05) is 52.8 Å². The average molecular weight is 485 g/mol. The minimum atomic E-state index is -0.795. The molecule has 0 radical (unpaired) electrons. The van der Waals surface area contributed by atoms with Crippen LogP contribution in [-0.2, 0) is 28.6 Å². The zero-order chi connectivity index (χ0) is 25.7. The molecule has 190 valence electrons. The maximum atomic E-state index is 13.5. The number of hydrogen-bond donors (Lipinski definition) is 0. The summed E-state index contributed by atoms with van der Waals surface area (Å²) in [6, 6.07) is 8.82. The van der Waals surface area contributed by atoms with E-state index in [4.69, 9.17) is 14.2 Å². The van der Waals surface area contributed by atoms with Crippen molar-refractivity contribution in [1.82, 2.24) is 0 Å². The summed E-state index contributed by atoms with van der Waals surface area (Å²) < 4.78 is 17.3. The fraction of sp³-hybridized carbons (Fsp3) is 0.643. The summed E-state index contributed by atoms with van der Waals surface area (Å²) in [6.07, 6.45) is -0.238. The summed E-state index contributed by atoms with van der Waals surface area (Å²) in [5.41, 5.74) is -1.04. The Labute approximate surface area is 206 Å². The monoisotopic (exact) mass is 484 g/mol. The van der Waals surface area contributed by atoms with Gasteiger partial charge in [-0.15, -0.1) is 0 Å². The predicted octanol–water partition coefficient (Wildman–Crippen LogP) is 4.03. The number of Topliss-reactive ketones (excluding diaryl/α,β-unsaturated/α-hetero) is 2. The number of esters is 2. The van der Waals surface area contributed by atoms with E-state index in [-0.39, 0.29) is 41.9 Å². The molecule has 2 saturated carbocycles. The van der Waals surface area contributed by atoms with Gasteiger partial charge in [-0.05, 0) is 36.3 Å². The maximum absolute atomic E-state index is 13.5. The van der Waals surface area contributed by atoms with Crippen LogP contribution in [0.5, 0.6) is 0 Å². The first-order valence-electron chi connectivity index (χ1n) is 12.6. The van der Waals surface area contributed by atoms with E-state index in [0.717, 1.165) is 0 Å². The number of rotatable bonds is 9. The summed E-state index contributed by atoms with van der Waals surface area (Å²) in [5.74, 6) is -1.93. The molecule has 1 heterocycles. The van der Waals surface area contributed by atoms with Crippen LogP contribution in [0.15, 0.2) is 30.3 Å². The first kappa shape index (κ1) is 25.5. The lowest BCUT2D eigenvalue weighted by molar-refractivity contribution is -0.144. The van der Waals surface area contributed by atoms with Crippen LogP contribution in [0.4, 0.5) is 0 Å². The highest BCUT2D eigenvalue weighted by molar-refractivity contribution is 5.99. The van der Waals surface area contributed by atoms with E-state index < -0.39 is 41.0 Å². The van der Waals surface area contributed by atoms with Gasteiger partial charge in [0.15, 0.2) is 5.78 Å². The van der Waals surface area contributed by atoms with Crippen molar-refractivity contribution in [3.63, 3.8) is 0 Å². The van der Waals surface area contributed by atoms with Crippen LogP contribution in [0.25, 0.3) is 0 Å². The predicted molar refractivity (Wildman–Crippen MR) is 127 cm³/mol. The molecule has 0 N–H and O–H groups in total. The van der Waals surface area contributed by atoms with Gasteiger partial charge in [-0.2, -0.15) is 0 Å². The molecule has 9 atom stereocenters. The molecule has 1 spiro atoms. The van der Waals surface area contributed by atoms with E-state index in [1.165, 1.54) is 6.92 Å². The van der Waals surface area contributed by atoms with Gasteiger partial charge >= 0.3 is 11.9 Å². The third kappa shape index (κ3) is 3.92. The molecule has 0 bridgehead atoms. The lowest BCUT2D eigenvalue weighted by atomic mass is 9.65. The second-order valence-electron chi connectivity index (χ2n) is 11.0. The normalized spacial score (nSPS) is 36.6. The average Bonchev–Trinajstić information content (AvgIpc) is 3.54. The van der Waals surface area contributed by atoms with Crippen LogP contribution in [0, 0.1) is 35.0 Å². The highest BCUT2D eigenvalue weighted by Crippen LogP contribution is 2.74. The molecule has 2 aliphatic carbocycles. The van der Waals surface area contributed by atoms with Crippen molar-refractivity contribution in [2.24, 2.45) is 35.0 Å². The summed E-state index contributed by atoms with van der Waals surface area (Å²) in [7, 11) is 0. The Hall–Kier alpha value is -2.54. The Bertz CT molecular complexity index is 1020. The molecule has 35 heavy (non-hydrogen) atoms. The highest BCUT2D eigenvalue weighted by Gasteiger charge is 2.88. The topological polar surface area (TPSA) is 99.3 Å². The van der Waals surface area contributed by atoms with Crippen molar-refractivity contribution >= 4 is 23.5 Å². The smallest absolute Gasteiger partial charge is 0.338 e. The Kier molecular flexibility index (Phi) is 6.68. The molecule has 7 heteroatoms. The van der Waals surface area contributed by atoms with E-state index in [1.807, 2.05) is 33.8 Å². The van der Waals surface area contributed by atoms with Crippen LogP contribution in [0.3, 0.4) is 0 Å². The molecule has 1 aliphatic heterocycles. The second-order valence-corrected chi connectivity index (χ2v) is 11.0. The fourth-order valence-electron chi connectivity index (χ4n) is 6.87. The number of epoxide rings is 1. The van der Waals surface area contributed by atoms with Crippen LogP contribution >= 0.6 is 0 Å². The molecular weight excluding hydrogens is 448 g/mol. The molecule has 7 nitrogen and oxygen atoms in total. The van der Waals surface area contributed by atoms with E-state index in [9.17, 15) is 19.2 Å². The van der Waals surface area contributed by atoms with Gasteiger partial charge in [0.05, 0.1) is 12.2 Å². The molecule has 3 fully saturated rings. The van der Waals surface area contributed by atoms with Crippen molar-refractivity contribution in [1.29, 1.82) is 0 Å². The zero-order valence-electron chi connectivity index (χ0n) is 21.4. The van der Waals surface area contributed by atoms with E-state index in [1.54, 1.807) is 24.3 Å². The molecule has 4 rings (SSSR count). The molecule has 0 amide bonds. The Morgan fingerprint density at radius 1 is 1.11 bits per heavy atom. The molecule has 2 unspecified atom stereocenters. The lowest BCUT2D eigenvalue weighted by Gasteiger charge is -2.40. The van der Waals surface area contributed by atoms with Gasteiger partial charge in [0.2, 0.25) is 0 Å². The SMILES string of the molecule is CC(=O)OC[C@H](C)CCC(=O)[C@@H](C)[C@H]1C(=O)[C@@H]2O[C@@]23C(C)C(C)[C@@H](OC(=O)c2ccccc2)[C@]13C. The van der Waals surface area contributed by atoms with Crippen LogP contribution < -0.4 is 0 Å². The first-order chi connectivity index (χ1) is 16.5. The van der Waals surface area contributed by atoms with Crippen molar-refractivity contribution < 1.29 is 33.4 Å². The van der Waals surface area contributed by atoms with Crippen LogP contribution in [-0.4, -0.2) is 47.9 Å². The van der Waals surface area contributed by atoms with Crippen molar-refractivity contribution in [2.75, 3.05) is 6.61 Å². The van der Waals surface area contributed by atoms with Gasteiger partial charge in [0.25, 0.3) is 0 Å². The maximum Gasteiger partial charge on any atom is 0.338 e. The van der Waals surface area contributed by atoms with Gasteiger partial charge in [-0.3, -0.25) is 14.4 Å². The van der Waals surface area contributed by atoms with Crippen molar-refractivity contribution in [3.05, 3.63) is 35.9 Å². The van der Waals surface area contributed by atoms with E-state index in [2.05, 4.69) is 6.92 Å². The number of carbonyl (C=O) groups is 4. The standard InChI is InChI=1S/C28H36O7/c1-15(14-33-19(5)29)12-13-21(30)17(3)22-23(31)25-28(35-25)18(4)16(2)24(27(22,28)6)34-26(32)20-10-8-7-9-11-20/h7-11,15-18,22,24-25H,12-14H2,1-6H3/t15-,16?,17-,18?,22+,24-,25+,27+,28+/m1/s1. The quantitative estimate of drug-likeness (QED) is 0.385. The molecule has 0 aromatic heterocycles. The van der Waals surface area contributed by atoms with Crippen molar-refractivity contribution in [3.8, 4) is 0 Å². The summed E-state index contributed by atoms with van der Waals surface area (Å²) in [5, 5.41) is 0. The number of ether oxygens (including phenoxy) is 3. The number of carbonyl (C=O) groups excluding carboxylic acids is 4. The molecule has 1 saturated heterocycles. The summed E-state index contributed by atoms with van der Waals surface area (Å²) in [6.45, 7) is 11.4. The zero-order valence-corrected chi connectivity index (χ0v) is 21.4. The lowest BCUT2D eigenvalue weighted by Crippen LogP contribution is -2.49. The van der Waals surface area contributed by atoms with Crippen LogP contribution in [0.2, 0.25) is 0 Å². The molecular formula is C28H36O7. The van der Waals surface area contributed by atoms with Crippen LogP contribution in [0.1, 0.15) is 64.7 Å². The Morgan fingerprint density at radius 2 is 1.77 bits per heavy atom. The largest absolute Gasteiger partial charge is 0.466 e. The fourth-order valence-corrected chi connectivity index (χ4v) is 6.87. The van der Waals surface area contributed by atoms with E-state index >= 15 is 0 Å². The van der Waals surface area contributed by atoms with E-state index in [0.29, 0.717) is 18.4 Å². The molecule has 1 aromatic carbocycles. The summed E-state index contributed by atoms with van der Waals surface area (Å²) >= 11 is 0. The highest BCUT2D eigenvalue weighted by atomic mass is 16.6. The minimum absolute atomic E-state index is 0.00366.